The van der Waals surface area contributed by atoms with E-state index in [4.69, 9.17) is 0 Å². The SMILES string of the molecule is Cc1ccc(N2C(=O)N(CC(=O)Nc3ccc4ccccc4c3)C(=O)[C@@H]2C)cc1. The summed E-state index contributed by atoms with van der Waals surface area (Å²) < 4.78 is 0. The van der Waals surface area contributed by atoms with Gasteiger partial charge in [-0.1, -0.05) is 48.0 Å². The van der Waals surface area contributed by atoms with Gasteiger partial charge < -0.3 is 5.32 Å². The van der Waals surface area contributed by atoms with Crippen molar-refractivity contribution in [1.29, 1.82) is 0 Å². The standard InChI is InChI=1S/C23H21N3O3/c1-15-7-11-20(12-8-15)26-16(2)22(28)25(23(26)29)14-21(27)24-19-10-9-17-5-3-4-6-18(17)13-19/h3-13,16H,14H2,1-2H3,(H,24,27)/t16-/m0/s1. The van der Waals surface area contributed by atoms with Crippen LogP contribution in [0.1, 0.15) is 12.5 Å². The summed E-state index contributed by atoms with van der Waals surface area (Å²) in [7, 11) is 0. The van der Waals surface area contributed by atoms with E-state index < -0.39 is 18.0 Å². The molecule has 0 spiro atoms. The predicted octanol–water partition coefficient (Wildman–Crippen LogP) is 3.94. The van der Waals surface area contributed by atoms with Crippen LogP contribution in [0.4, 0.5) is 16.2 Å². The maximum atomic E-state index is 12.8. The Labute approximate surface area is 168 Å². The summed E-state index contributed by atoms with van der Waals surface area (Å²) >= 11 is 0. The maximum Gasteiger partial charge on any atom is 0.332 e. The van der Waals surface area contributed by atoms with Gasteiger partial charge in [-0.3, -0.25) is 19.4 Å². The van der Waals surface area contributed by atoms with E-state index in [2.05, 4.69) is 5.32 Å². The van der Waals surface area contributed by atoms with E-state index in [0.717, 1.165) is 21.2 Å². The van der Waals surface area contributed by atoms with Crippen LogP contribution < -0.4 is 10.2 Å². The summed E-state index contributed by atoms with van der Waals surface area (Å²) in [5.74, 6) is -0.802. The molecule has 6 nitrogen and oxygen atoms in total. The number of hydrogen-bond donors (Lipinski definition) is 1. The van der Waals surface area contributed by atoms with Crippen LogP contribution in [0.5, 0.6) is 0 Å². The summed E-state index contributed by atoms with van der Waals surface area (Å²) in [6.45, 7) is 3.30. The second-order valence-electron chi connectivity index (χ2n) is 7.20. The fraction of sp³-hybridized carbons (Fsp3) is 0.174. The summed E-state index contributed by atoms with van der Waals surface area (Å²) in [5.41, 5.74) is 2.32. The Bertz CT molecular complexity index is 1110. The molecular weight excluding hydrogens is 366 g/mol. The number of nitrogens with zero attached hydrogens (tertiary/aromatic N) is 2. The molecule has 1 aliphatic rings. The molecule has 1 fully saturated rings. The molecule has 1 saturated heterocycles. The quantitative estimate of drug-likeness (QED) is 0.690. The smallest absolute Gasteiger partial charge is 0.325 e. The third kappa shape index (κ3) is 3.57. The predicted molar refractivity (Wildman–Crippen MR) is 113 cm³/mol. The van der Waals surface area contributed by atoms with Crippen molar-refractivity contribution < 1.29 is 14.4 Å². The van der Waals surface area contributed by atoms with Crippen molar-refractivity contribution in [3.05, 3.63) is 72.3 Å². The number of hydrogen-bond acceptors (Lipinski definition) is 3. The lowest BCUT2D eigenvalue weighted by Gasteiger charge is -2.19. The monoisotopic (exact) mass is 387 g/mol. The third-order valence-electron chi connectivity index (χ3n) is 5.09. The minimum absolute atomic E-state index is 0.322. The molecule has 0 aromatic heterocycles. The molecule has 6 heteroatoms. The van der Waals surface area contributed by atoms with Gasteiger partial charge in [-0.15, -0.1) is 0 Å². The molecule has 29 heavy (non-hydrogen) atoms. The van der Waals surface area contributed by atoms with E-state index in [9.17, 15) is 14.4 Å². The molecule has 0 aliphatic carbocycles. The Morgan fingerprint density at radius 1 is 0.966 bits per heavy atom. The first-order chi connectivity index (χ1) is 13.9. The minimum atomic E-state index is -0.654. The Morgan fingerprint density at radius 2 is 1.66 bits per heavy atom. The molecule has 146 valence electrons. The second kappa shape index (κ2) is 7.39. The first-order valence-corrected chi connectivity index (χ1v) is 9.44. The molecule has 3 aromatic carbocycles. The summed E-state index contributed by atoms with van der Waals surface area (Å²) in [4.78, 5) is 40.4. The highest BCUT2D eigenvalue weighted by Crippen LogP contribution is 2.26. The molecule has 3 aromatic rings. The highest BCUT2D eigenvalue weighted by atomic mass is 16.2. The Hall–Kier alpha value is -3.67. The lowest BCUT2D eigenvalue weighted by Crippen LogP contribution is -2.39. The summed E-state index contributed by atoms with van der Waals surface area (Å²) in [6.07, 6.45) is 0. The highest BCUT2D eigenvalue weighted by Gasteiger charge is 2.44. The van der Waals surface area contributed by atoms with Gasteiger partial charge in [0.2, 0.25) is 5.91 Å². The number of amides is 4. The van der Waals surface area contributed by atoms with Gasteiger partial charge in [0, 0.05) is 11.4 Å². The molecule has 0 bridgehead atoms. The lowest BCUT2D eigenvalue weighted by molar-refractivity contribution is -0.130. The van der Waals surface area contributed by atoms with Crippen molar-refractivity contribution in [2.45, 2.75) is 19.9 Å². The normalized spacial score (nSPS) is 16.6. The molecular formula is C23H21N3O3. The van der Waals surface area contributed by atoms with Crippen molar-refractivity contribution in [2.24, 2.45) is 0 Å². The van der Waals surface area contributed by atoms with Crippen LogP contribution in [-0.4, -0.2) is 35.3 Å². The molecule has 4 amide bonds. The summed E-state index contributed by atoms with van der Waals surface area (Å²) in [6, 6.07) is 19.6. The number of carbonyl (C=O) groups excluding carboxylic acids is 3. The Kier molecular flexibility index (Phi) is 4.76. The largest absolute Gasteiger partial charge is 0.332 e. The van der Waals surface area contributed by atoms with E-state index in [1.807, 2.05) is 55.5 Å². The van der Waals surface area contributed by atoms with Crippen molar-refractivity contribution >= 4 is 40.0 Å². The number of aryl methyl sites for hydroxylation is 1. The molecule has 1 aliphatic heterocycles. The molecule has 1 atom stereocenters. The minimum Gasteiger partial charge on any atom is -0.325 e. The van der Waals surface area contributed by atoms with Crippen LogP contribution >= 0.6 is 0 Å². The average Bonchev–Trinajstić information content (AvgIpc) is 2.92. The zero-order chi connectivity index (χ0) is 20.5. The maximum absolute atomic E-state index is 12.8. The number of benzene rings is 3. The summed E-state index contributed by atoms with van der Waals surface area (Å²) in [5, 5.41) is 4.84. The van der Waals surface area contributed by atoms with E-state index >= 15 is 0 Å². The van der Waals surface area contributed by atoms with Gasteiger partial charge in [0.05, 0.1) is 0 Å². The molecule has 1 N–H and O–H groups in total. The van der Waals surface area contributed by atoms with Crippen LogP contribution in [0.2, 0.25) is 0 Å². The number of carbonyl (C=O) groups is 3. The van der Waals surface area contributed by atoms with Crippen molar-refractivity contribution in [3.8, 4) is 0 Å². The number of fused-ring (bicyclic) bond motifs is 1. The number of nitrogens with one attached hydrogen (secondary N) is 1. The van der Waals surface area contributed by atoms with Gasteiger partial charge in [-0.2, -0.15) is 0 Å². The topological polar surface area (TPSA) is 69.7 Å². The average molecular weight is 387 g/mol. The number of rotatable bonds is 4. The van der Waals surface area contributed by atoms with Crippen molar-refractivity contribution in [3.63, 3.8) is 0 Å². The molecule has 0 radical (unpaired) electrons. The van der Waals surface area contributed by atoms with Crippen LogP contribution in [0.25, 0.3) is 10.8 Å². The molecule has 0 unspecified atom stereocenters. The van der Waals surface area contributed by atoms with Crippen LogP contribution in [0, 0.1) is 6.92 Å². The van der Waals surface area contributed by atoms with E-state index in [-0.39, 0.29) is 12.5 Å². The zero-order valence-electron chi connectivity index (χ0n) is 16.3. The Balaban J connectivity index is 1.49. The third-order valence-corrected chi connectivity index (χ3v) is 5.09. The van der Waals surface area contributed by atoms with Gasteiger partial charge in [0.1, 0.15) is 12.6 Å². The Morgan fingerprint density at radius 3 is 2.38 bits per heavy atom. The zero-order valence-corrected chi connectivity index (χ0v) is 16.3. The van der Waals surface area contributed by atoms with Gasteiger partial charge in [0.15, 0.2) is 0 Å². The van der Waals surface area contributed by atoms with E-state index in [0.29, 0.717) is 11.4 Å². The number of anilines is 2. The molecule has 1 heterocycles. The van der Waals surface area contributed by atoms with Crippen LogP contribution in [0.15, 0.2) is 66.7 Å². The fourth-order valence-electron chi connectivity index (χ4n) is 3.52. The van der Waals surface area contributed by atoms with Gasteiger partial charge >= 0.3 is 6.03 Å². The van der Waals surface area contributed by atoms with Gasteiger partial charge in [-0.05, 0) is 48.9 Å². The van der Waals surface area contributed by atoms with E-state index in [1.165, 1.54) is 4.90 Å². The van der Waals surface area contributed by atoms with Crippen LogP contribution in [-0.2, 0) is 9.59 Å². The van der Waals surface area contributed by atoms with Crippen molar-refractivity contribution in [1.82, 2.24) is 4.90 Å². The molecule has 4 rings (SSSR count). The second-order valence-corrected chi connectivity index (χ2v) is 7.20. The fourth-order valence-corrected chi connectivity index (χ4v) is 3.52. The van der Waals surface area contributed by atoms with Gasteiger partial charge in [-0.25, -0.2) is 4.79 Å². The number of urea groups is 1. The highest BCUT2D eigenvalue weighted by molar-refractivity contribution is 6.16. The van der Waals surface area contributed by atoms with E-state index in [1.54, 1.807) is 25.1 Å². The lowest BCUT2D eigenvalue weighted by atomic mass is 10.1. The van der Waals surface area contributed by atoms with Gasteiger partial charge in [0.25, 0.3) is 5.91 Å². The first kappa shape index (κ1) is 18.7. The first-order valence-electron chi connectivity index (χ1n) is 9.44. The van der Waals surface area contributed by atoms with Crippen LogP contribution in [0.3, 0.4) is 0 Å². The van der Waals surface area contributed by atoms with Crippen molar-refractivity contribution in [2.75, 3.05) is 16.8 Å². The molecule has 0 saturated carbocycles. The number of imide groups is 1.